The first-order valence-corrected chi connectivity index (χ1v) is 13.7. The quantitative estimate of drug-likeness (QED) is 0.331. The van der Waals surface area contributed by atoms with Crippen molar-refractivity contribution in [2.45, 2.75) is 84.5 Å². The summed E-state index contributed by atoms with van der Waals surface area (Å²) in [5.74, 6) is 2.92. The van der Waals surface area contributed by atoms with Crippen LogP contribution in [0.15, 0.2) is 36.4 Å². The summed E-state index contributed by atoms with van der Waals surface area (Å²) in [4.78, 5) is 17.0. The summed E-state index contributed by atoms with van der Waals surface area (Å²) in [6, 6.07) is 13.2. The summed E-state index contributed by atoms with van der Waals surface area (Å²) in [5, 5.41) is 8.13. The van der Waals surface area contributed by atoms with Crippen molar-refractivity contribution in [2.75, 3.05) is 18.5 Å². The Kier molecular flexibility index (Phi) is 8.67. The Bertz CT molecular complexity index is 1200. The van der Waals surface area contributed by atoms with Gasteiger partial charge in [-0.1, -0.05) is 52.0 Å². The summed E-state index contributed by atoms with van der Waals surface area (Å²) >= 11 is 0. The van der Waals surface area contributed by atoms with Crippen LogP contribution in [0.4, 0.5) is 5.82 Å². The molecule has 0 bridgehead atoms. The fraction of sp³-hybridized carbons (Fsp3) is 0.516. The number of nitrogens with one attached hydrogen (secondary N) is 1. The molecule has 6 nitrogen and oxygen atoms in total. The number of ketones is 1. The summed E-state index contributed by atoms with van der Waals surface area (Å²) in [5.41, 5.74) is 7.15. The number of carbonyl (C=O) groups excluding carboxylic acids is 1. The van der Waals surface area contributed by atoms with E-state index in [1.165, 1.54) is 22.3 Å². The Morgan fingerprint density at radius 2 is 1.73 bits per heavy atom. The molecule has 0 amide bonds. The van der Waals surface area contributed by atoms with E-state index in [4.69, 9.17) is 14.8 Å². The molecule has 1 aliphatic heterocycles. The molecule has 1 aromatic carbocycles. The topological polar surface area (TPSA) is 69.0 Å². The second kappa shape index (κ2) is 11.9. The van der Waals surface area contributed by atoms with Gasteiger partial charge >= 0.3 is 0 Å². The average molecular weight is 503 g/mol. The van der Waals surface area contributed by atoms with Crippen LogP contribution < -0.4 is 10.1 Å². The smallest absolute Gasteiger partial charge is 0.211 e. The minimum atomic E-state index is 0.0867. The van der Waals surface area contributed by atoms with Gasteiger partial charge in [-0.25, -0.2) is 9.67 Å². The third kappa shape index (κ3) is 7.00. The number of aromatic nitrogens is 3. The van der Waals surface area contributed by atoms with Crippen LogP contribution in [0.25, 0.3) is 0 Å². The SMILES string of the molecule is CC(=O)CC(Cc1cc(OCCc2ccc3c(n2)NCCC3)n(C)n1)c1cc(C(C)C)cc(C(C)C)c1. The first-order valence-electron chi connectivity index (χ1n) is 13.7. The van der Waals surface area contributed by atoms with E-state index in [2.05, 4.69) is 63.3 Å². The van der Waals surface area contributed by atoms with Crippen molar-refractivity contribution in [2.24, 2.45) is 7.05 Å². The van der Waals surface area contributed by atoms with Gasteiger partial charge in [0.15, 0.2) is 0 Å². The Morgan fingerprint density at radius 1 is 1.03 bits per heavy atom. The Hall–Kier alpha value is -3.15. The maximum atomic E-state index is 12.2. The van der Waals surface area contributed by atoms with Crippen LogP contribution in [0.2, 0.25) is 0 Å². The number of hydrogen-bond donors (Lipinski definition) is 1. The minimum Gasteiger partial charge on any atom is -0.477 e. The van der Waals surface area contributed by atoms with Gasteiger partial charge in [0.25, 0.3) is 0 Å². The predicted molar refractivity (Wildman–Crippen MR) is 150 cm³/mol. The number of nitrogens with zero attached hydrogens (tertiary/aromatic N) is 3. The molecule has 0 saturated heterocycles. The second-order valence-corrected chi connectivity index (χ2v) is 11.1. The number of carbonyl (C=O) groups is 1. The van der Waals surface area contributed by atoms with Crippen molar-refractivity contribution in [3.63, 3.8) is 0 Å². The lowest BCUT2D eigenvalue weighted by Crippen LogP contribution is -2.14. The van der Waals surface area contributed by atoms with Gasteiger partial charge < -0.3 is 14.8 Å². The van der Waals surface area contributed by atoms with Gasteiger partial charge in [0.1, 0.15) is 11.6 Å². The first kappa shape index (κ1) is 26.9. The Labute approximate surface area is 221 Å². The number of hydrogen-bond acceptors (Lipinski definition) is 5. The summed E-state index contributed by atoms with van der Waals surface area (Å²) in [7, 11) is 1.91. The van der Waals surface area contributed by atoms with Crippen LogP contribution in [-0.4, -0.2) is 33.7 Å². The van der Waals surface area contributed by atoms with Gasteiger partial charge in [0.2, 0.25) is 5.88 Å². The first-order chi connectivity index (χ1) is 17.7. The number of benzene rings is 1. The van der Waals surface area contributed by atoms with Crippen molar-refractivity contribution in [3.05, 3.63) is 70.0 Å². The molecule has 0 saturated carbocycles. The molecule has 3 aromatic rings. The molecule has 4 rings (SSSR count). The van der Waals surface area contributed by atoms with Crippen LogP contribution in [0, 0.1) is 0 Å². The van der Waals surface area contributed by atoms with Gasteiger partial charge in [-0.3, -0.25) is 0 Å². The number of fused-ring (bicyclic) bond motifs is 1. The van der Waals surface area contributed by atoms with E-state index in [9.17, 15) is 4.79 Å². The van der Waals surface area contributed by atoms with Crippen LogP contribution in [0.3, 0.4) is 0 Å². The normalized spacial score (nSPS) is 13.9. The van der Waals surface area contributed by atoms with Crippen molar-refractivity contribution in [1.29, 1.82) is 0 Å². The van der Waals surface area contributed by atoms with Crippen LogP contribution in [0.5, 0.6) is 5.88 Å². The number of ether oxygens (including phenoxy) is 1. The number of anilines is 1. The Morgan fingerprint density at radius 3 is 2.41 bits per heavy atom. The lowest BCUT2D eigenvalue weighted by atomic mass is 9.84. The van der Waals surface area contributed by atoms with Gasteiger partial charge in [0, 0.05) is 38.2 Å². The van der Waals surface area contributed by atoms with E-state index in [-0.39, 0.29) is 11.7 Å². The van der Waals surface area contributed by atoms with E-state index in [0.29, 0.717) is 31.3 Å². The fourth-order valence-electron chi connectivity index (χ4n) is 5.02. The lowest BCUT2D eigenvalue weighted by molar-refractivity contribution is -0.117. The summed E-state index contributed by atoms with van der Waals surface area (Å²) in [6.45, 7) is 12.1. The van der Waals surface area contributed by atoms with E-state index >= 15 is 0 Å². The van der Waals surface area contributed by atoms with Crippen molar-refractivity contribution in [3.8, 4) is 5.88 Å². The fourth-order valence-corrected chi connectivity index (χ4v) is 5.02. The maximum absolute atomic E-state index is 12.2. The highest BCUT2D eigenvalue weighted by Gasteiger charge is 2.20. The highest BCUT2D eigenvalue weighted by Crippen LogP contribution is 2.31. The molecule has 0 fully saturated rings. The molecular formula is C31H42N4O2. The number of aryl methyl sites for hydroxylation is 2. The third-order valence-corrected chi connectivity index (χ3v) is 7.24. The molecule has 1 unspecified atom stereocenters. The van der Waals surface area contributed by atoms with Gasteiger partial charge in [-0.05, 0) is 72.3 Å². The zero-order valence-electron chi connectivity index (χ0n) is 23.3. The van der Waals surface area contributed by atoms with Gasteiger partial charge in [0.05, 0.1) is 12.3 Å². The highest BCUT2D eigenvalue weighted by molar-refractivity contribution is 5.76. The summed E-state index contributed by atoms with van der Waals surface area (Å²) < 4.78 is 7.91. The molecular weight excluding hydrogens is 460 g/mol. The van der Waals surface area contributed by atoms with E-state index < -0.39 is 0 Å². The van der Waals surface area contributed by atoms with Gasteiger partial charge in [-0.2, -0.15) is 5.10 Å². The van der Waals surface area contributed by atoms with Crippen LogP contribution >= 0.6 is 0 Å². The number of Topliss-reactive ketones (excluding diaryl/α,β-unsaturated/α-hetero) is 1. The van der Waals surface area contributed by atoms with Crippen molar-refractivity contribution >= 4 is 11.6 Å². The third-order valence-electron chi connectivity index (χ3n) is 7.24. The predicted octanol–water partition coefficient (Wildman–Crippen LogP) is 6.35. The average Bonchev–Trinajstić information content (AvgIpc) is 3.21. The molecule has 2 aromatic heterocycles. The zero-order chi connectivity index (χ0) is 26.5. The second-order valence-electron chi connectivity index (χ2n) is 11.1. The molecule has 1 atom stereocenters. The molecule has 0 radical (unpaired) electrons. The Balaban J connectivity index is 1.46. The minimum absolute atomic E-state index is 0.0867. The molecule has 1 N–H and O–H groups in total. The van der Waals surface area contributed by atoms with Crippen LogP contribution in [0.1, 0.15) is 98.9 Å². The van der Waals surface area contributed by atoms with E-state index in [1.807, 2.05) is 13.1 Å². The van der Waals surface area contributed by atoms with Gasteiger partial charge in [-0.15, -0.1) is 0 Å². The summed E-state index contributed by atoms with van der Waals surface area (Å²) in [6.07, 6.45) is 4.20. The van der Waals surface area contributed by atoms with Crippen molar-refractivity contribution < 1.29 is 9.53 Å². The molecule has 0 aliphatic carbocycles. The highest BCUT2D eigenvalue weighted by atomic mass is 16.5. The standard InChI is InChI=1S/C31H42N4O2/c1-20(2)24-15-25(21(3)4)17-27(16-24)26(14-22(5)36)18-29-19-30(35(6)34-29)37-13-11-28-10-9-23-8-7-12-32-31(23)33-28/h9-10,15-17,19-21,26H,7-8,11-14,18H2,1-6H3,(H,32,33). The molecule has 198 valence electrons. The molecule has 37 heavy (non-hydrogen) atoms. The van der Waals surface area contributed by atoms with Crippen molar-refractivity contribution in [1.82, 2.24) is 14.8 Å². The van der Waals surface area contributed by atoms with Crippen LogP contribution in [-0.2, 0) is 31.1 Å². The molecule has 0 spiro atoms. The van der Waals surface area contributed by atoms with E-state index in [0.717, 1.165) is 48.9 Å². The molecule has 6 heteroatoms. The lowest BCUT2D eigenvalue weighted by Gasteiger charge is -2.20. The molecule has 3 heterocycles. The zero-order valence-corrected chi connectivity index (χ0v) is 23.3. The largest absolute Gasteiger partial charge is 0.477 e. The maximum Gasteiger partial charge on any atom is 0.211 e. The van der Waals surface area contributed by atoms with E-state index in [1.54, 1.807) is 11.6 Å². The monoisotopic (exact) mass is 502 g/mol. The molecule has 1 aliphatic rings. The number of rotatable bonds is 11. The number of pyridine rings is 1.